The smallest absolute Gasteiger partial charge is 0.0513 e. The van der Waals surface area contributed by atoms with Gasteiger partial charge >= 0.3 is 0 Å². The predicted octanol–water partition coefficient (Wildman–Crippen LogP) is 0.910. The summed E-state index contributed by atoms with van der Waals surface area (Å²) in [6.07, 6.45) is 5.28. The van der Waals surface area contributed by atoms with E-state index >= 15 is 0 Å². The highest BCUT2D eigenvalue weighted by Gasteiger charge is 2.44. The number of ether oxygens (including phenoxy) is 1. The average Bonchev–Trinajstić information content (AvgIpc) is 3.17. The average molecular weight is 267 g/mol. The monoisotopic (exact) mass is 267 g/mol. The van der Waals surface area contributed by atoms with E-state index in [1.165, 1.54) is 51.9 Å². The predicted molar refractivity (Wildman–Crippen MR) is 77.2 cm³/mol. The molecule has 4 heteroatoms. The van der Waals surface area contributed by atoms with Gasteiger partial charge in [-0.3, -0.25) is 9.80 Å². The standard InChI is InChI=1S/C15H29N3O/c1-15(12-16,13-5-9-19-11-13)18-8-4-14(10-18)17-6-2-3-7-17/h13-14H,2-12,16H2,1H3. The molecule has 2 N–H and O–H groups in total. The lowest BCUT2D eigenvalue weighted by molar-refractivity contribution is 0.0586. The Kier molecular flexibility index (Phi) is 4.13. The first-order chi connectivity index (χ1) is 9.24. The third kappa shape index (κ3) is 2.56. The number of hydrogen-bond acceptors (Lipinski definition) is 4. The fraction of sp³-hybridized carbons (Fsp3) is 1.00. The molecule has 3 unspecified atom stereocenters. The highest BCUT2D eigenvalue weighted by Crippen LogP contribution is 2.34. The largest absolute Gasteiger partial charge is 0.381 e. The van der Waals surface area contributed by atoms with E-state index in [0.29, 0.717) is 5.92 Å². The Labute approximate surface area is 117 Å². The highest BCUT2D eigenvalue weighted by atomic mass is 16.5. The van der Waals surface area contributed by atoms with Crippen LogP contribution in [0.5, 0.6) is 0 Å². The molecule has 110 valence electrons. The zero-order valence-corrected chi connectivity index (χ0v) is 12.3. The molecule has 19 heavy (non-hydrogen) atoms. The van der Waals surface area contributed by atoms with Crippen LogP contribution >= 0.6 is 0 Å². The van der Waals surface area contributed by atoms with E-state index < -0.39 is 0 Å². The van der Waals surface area contributed by atoms with E-state index in [0.717, 1.165) is 25.8 Å². The first-order valence-corrected chi connectivity index (χ1v) is 8.01. The lowest BCUT2D eigenvalue weighted by atomic mass is 9.83. The summed E-state index contributed by atoms with van der Waals surface area (Å²) in [6, 6.07) is 0.774. The summed E-state index contributed by atoms with van der Waals surface area (Å²) in [5.41, 5.74) is 6.30. The van der Waals surface area contributed by atoms with Crippen molar-refractivity contribution < 1.29 is 4.74 Å². The Balaban J connectivity index is 1.64. The normalized spacial score (nSPS) is 36.9. The molecule has 3 rings (SSSR count). The van der Waals surface area contributed by atoms with Crippen LogP contribution in [0.2, 0.25) is 0 Å². The molecule has 0 aromatic carbocycles. The molecular weight excluding hydrogens is 238 g/mol. The highest BCUT2D eigenvalue weighted by molar-refractivity contribution is 5.00. The van der Waals surface area contributed by atoms with Gasteiger partial charge in [0.2, 0.25) is 0 Å². The van der Waals surface area contributed by atoms with Crippen LogP contribution < -0.4 is 5.73 Å². The van der Waals surface area contributed by atoms with Gasteiger partial charge in [-0.25, -0.2) is 0 Å². The summed E-state index contributed by atoms with van der Waals surface area (Å²) in [7, 11) is 0. The van der Waals surface area contributed by atoms with Crippen LogP contribution in [-0.2, 0) is 4.74 Å². The topological polar surface area (TPSA) is 41.7 Å². The van der Waals surface area contributed by atoms with Crippen LogP contribution in [-0.4, -0.2) is 67.3 Å². The zero-order chi connectivity index (χ0) is 13.3. The van der Waals surface area contributed by atoms with Gasteiger partial charge in [0.1, 0.15) is 0 Å². The molecule has 0 radical (unpaired) electrons. The number of nitrogens with two attached hydrogens (primary N) is 1. The molecule has 0 amide bonds. The minimum Gasteiger partial charge on any atom is -0.381 e. The van der Waals surface area contributed by atoms with Gasteiger partial charge in [0.05, 0.1) is 6.61 Å². The van der Waals surface area contributed by atoms with Crippen molar-refractivity contribution in [3.63, 3.8) is 0 Å². The Hall–Kier alpha value is -0.160. The van der Waals surface area contributed by atoms with Crippen molar-refractivity contribution in [1.82, 2.24) is 9.80 Å². The molecule has 0 spiro atoms. The molecule has 3 atom stereocenters. The molecule has 4 nitrogen and oxygen atoms in total. The Morgan fingerprint density at radius 3 is 2.63 bits per heavy atom. The molecule has 0 saturated carbocycles. The minimum absolute atomic E-state index is 0.144. The third-order valence-corrected chi connectivity index (χ3v) is 5.77. The van der Waals surface area contributed by atoms with Gasteiger partial charge in [0, 0.05) is 43.7 Å². The maximum absolute atomic E-state index is 6.15. The van der Waals surface area contributed by atoms with E-state index in [-0.39, 0.29) is 5.54 Å². The van der Waals surface area contributed by atoms with Gasteiger partial charge in [-0.2, -0.15) is 0 Å². The summed E-state index contributed by atoms with van der Waals surface area (Å²) < 4.78 is 5.60. The number of nitrogens with zero attached hydrogens (tertiary/aromatic N) is 2. The van der Waals surface area contributed by atoms with Gasteiger partial charge < -0.3 is 10.5 Å². The van der Waals surface area contributed by atoms with E-state index in [1.54, 1.807) is 0 Å². The van der Waals surface area contributed by atoms with Crippen molar-refractivity contribution in [3.8, 4) is 0 Å². The quantitative estimate of drug-likeness (QED) is 0.822. The van der Waals surface area contributed by atoms with Crippen LogP contribution in [0.25, 0.3) is 0 Å². The molecule has 3 heterocycles. The molecule has 3 fully saturated rings. The van der Waals surface area contributed by atoms with E-state index in [9.17, 15) is 0 Å². The SMILES string of the molecule is CC(CN)(C1CCOC1)N1CCC(N2CCCC2)C1. The summed E-state index contributed by atoms with van der Waals surface area (Å²) >= 11 is 0. The lowest BCUT2D eigenvalue weighted by Crippen LogP contribution is -2.56. The van der Waals surface area contributed by atoms with Crippen molar-refractivity contribution in [3.05, 3.63) is 0 Å². The second kappa shape index (κ2) is 5.68. The second-order valence-corrected chi connectivity index (χ2v) is 6.75. The van der Waals surface area contributed by atoms with E-state index in [2.05, 4.69) is 16.7 Å². The van der Waals surface area contributed by atoms with Crippen LogP contribution in [0.1, 0.15) is 32.6 Å². The Morgan fingerprint density at radius 1 is 1.21 bits per heavy atom. The van der Waals surface area contributed by atoms with Gasteiger partial charge in [0.25, 0.3) is 0 Å². The summed E-state index contributed by atoms with van der Waals surface area (Å²) in [6.45, 7) is 9.99. The Morgan fingerprint density at radius 2 is 2.00 bits per heavy atom. The zero-order valence-electron chi connectivity index (χ0n) is 12.3. The first-order valence-electron chi connectivity index (χ1n) is 8.01. The second-order valence-electron chi connectivity index (χ2n) is 6.75. The fourth-order valence-electron chi connectivity index (χ4n) is 4.19. The fourth-order valence-corrected chi connectivity index (χ4v) is 4.19. The molecule has 0 bridgehead atoms. The van der Waals surface area contributed by atoms with Crippen molar-refractivity contribution in [2.45, 2.75) is 44.2 Å². The van der Waals surface area contributed by atoms with Gasteiger partial charge in [-0.15, -0.1) is 0 Å². The van der Waals surface area contributed by atoms with E-state index in [1.807, 2.05) is 0 Å². The molecule has 0 aliphatic carbocycles. The van der Waals surface area contributed by atoms with Crippen LogP contribution in [0.15, 0.2) is 0 Å². The van der Waals surface area contributed by atoms with Crippen molar-refractivity contribution in [2.24, 2.45) is 11.7 Å². The number of rotatable bonds is 4. The number of hydrogen-bond donors (Lipinski definition) is 1. The van der Waals surface area contributed by atoms with Crippen LogP contribution in [0.3, 0.4) is 0 Å². The molecule has 0 aromatic rings. The maximum Gasteiger partial charge on any atom is 0.0513 e. The maximum atomic E-state index is 6.15. The van der Waals surface area contributed by atoms with Gasteiger partial charge in [0.15, 0.2) is 0 Å². The summed E-state index contributed by atoms with van der Waals surface area (Å²) in [5, 5.41) is 0. The van der Waals surface area contributed by atoms with Gasteiger partial charge in [-0.1, -0.05) is 0 Å². The summed E-state index contributed by atoms with van der Waals surface area (Å²) in [5.74, 6) is 0.620. The van der Waals surface area contributed by atoms with E-state index in [4.69, 9.17) is 10.5 Å². The Bertz CT molecular complexity index is 300. The van der Waals surface area contributed by atoms with Crippen molar-refractivity contribution in [2.75, 3.05) is 45.9 Å². The minimum atomic E-state index is 0.144. The molecule has 3 aliphatic heterocycles. The van der Waals surface area contributed by atoms with Crippen molar-refractivity contribution >= 4 is 0 Å². The summed E-state index contributed by atoms with van der Waals surface area (Å²) in [4.78, 5) is 5.36. The molecule has 0 aromatic heterocycles. The third-order valence-electron chi connectivity index (χ3n) is 5.77. The van der Waals surface area contributed by atoms with Crippen LogP contribution in [0, 0.1) is 5.92 Å². The number of likely N-dealkylation sites (tertiary alicyclic amines) is 2. The van der Waals surface area contributed by atoms with Crippen LogP contribution in [0.4, 0.5) is 0 Å². The first kappa shape index (κ1) is 13.8. The molecular formula is C15H29N3O. The molecule has 3 saturated heterocycles. The van der Waals surface area contributed by atoms with Gasteiger partial charge in [-0.05, 0) is 45.7 Å². The van der Waals surface area contributed by atoms with Crippen molar-refractivity contribution in [1.29, 1.82) is 0 Å². The lowest BCUT2D eigenvalue weighted by Gasteiger charge is -2.42. The molecule has 3 aliphatic rings.